The maximum absolute atomic E-state index is 10.7. The molecule has 3 aromatic rings. The number of H-pyrrole nitrogens is 1. The van der Waals surface area contributed by atoms with Gasteiger partial charge in [0.2, 0.25) is 5.82 Å². The van der Waals surface area contributed by atoms with Gasteiger partial charge in [-0.1, -0.05) is 29.5 Å². The molecule has 2 aliphatic heterocycles. The maximum Gasteiger partial charge on any atom is 0.204 e. The lowest BCUT2D eigenvalue weighted by molar-refractivity contribution is -0.359. The smallest absolute Gasteiger partial charge is 0.204 e. The number of nitrogens with one attached hydrogen (secondary N) is 1. The topological polar surface area (TPSA) is 264 Å². The molecule has 18 heteroatoms. The van der Waals surface area contributed by atoms with Gasteiger partial charge in [0.15, 0.2) is 12.6 Å². The number of aromatic amines is 1. The van der Waals surface area contributed by atoms with E-state index in [0.717, 1.165) is 11.1 Å². The number of hydrogen-bond acceptors (Lipinski definition) is 16. The Labute approximate surface area is 231 Å². The summed E-state index contributed by atoms with van der Waals surface area (Å²) in [6.07, 6.45) is -13.5. The number of ether oxygens (including phenoxy) is 4. The average Bonchev–Trinajstić information content (AvgIpc) is 3.70. The first kappa shape index (κ1) is 29.5. The lowest BCUT2D eigenvalue weighted by Crippen LogP contribution is -2.64. The molecule has 2 fully saturated rings. The highest BCUT2D eigenvalue weighted by Crippen LogP contribution is 2.29. The maximum atomic E-state index is 10.7. The largest absolute Gasteiger partial charge is 0.394 e. The van der Waals surface area contributed by atoms with E-state index in [1.54, 1.807) is 6.20 Å². The molecule has 0 bridgehead atoms. The van der Waals surface area contributed by atoms with E-state index in [1.165, 1.54) is 4.68 Å². The second-order valence-electron chi connectivity index (χ2n) is 9.56. The van der Waals surface area contributed by atoms with Crippen molar-refractivity contribution in [2.75, 3.05) is 19.8 Å². The molecular formula is C23H31N7O11. The van der Waals surface area contributed by atoms with Crippen LogP contribution < -0.4 is 0 Å². The third-order valence-corrected chi connectivity index (χ3v) is 6.89. The lowest BCUT2D eigenvalue weighted by atomic mass is 9.97. The van der Waals surface area contributed by atoms with E-state index in [4.69, 9.17) is 18.9 Å². The molecule has 2 saturated heterocycles. The van der Waals surface area contributed by atoms with Gasteiger partial charge in [0, 0.05) is 11.1 Å². The van der Waals surface area contributed by atoms with Gasteiger partial charge in [-0.3, -0.25) is 0 Å². The van der Waals surface area contributed by atoms with Crippen LogP contribution in [0, 0.1) is 0 Å². The summed E-state index contributed by atoms with van der Waals surface area (Å²) in [4.78, 5) is 0. The van der Waals surface area contributed by atoms with Gasteiger partial charge in [-0.05, 0) is 5.21 Å². The van der Waals surface area contributed by atoms with Crippen molar-refractivity contribution in [2.24, 2.45) is 0 Å². The summed E-state index contributed by atoms with van der Waals surface area (Å²) in [6, 6.07) is 7.31. The SMILES string of the molecule is OCC1O[C@@H](O[C@H]2C(CO)O[C@H](OCCn3cc(-c4ccc(-c5nn[nH]n5)cc4)nn3)[C@H](O)C2O)[C@H](O)C(O)[C@H]1O. The summed E-state index contributed by atoms with van der Waals surface area (Å²) in [5.74, 6) is 0.463. The van der Waals surface area contributed by atoms with Crippen molar-refractivity contribution < 1.29 is 54.7 Å². The minimum Gasteiger partial charge on any atom is -0.394 e. The molecule has 41 heavy (non-hydrogen) atoms. The Balaban J connectivity index is 1.15. The molecule has 0 amide bonds. The molecule has 224 valence electrons. The van der Waals surface area contributed by atoms with Gasteiger partial charge in [0.05, 0.1) is 32.6 Å². The Morgan fingerprint density at radius 3 is 2.17 bits per heavy atom. The normalized spacial score (nSPS) is 34.1. The number of benzene rings is 1. The Bertz CT molecular complexity index is 1230. The van der Waals surface area contributed by atoms with Crippen molar-refractivity contribution in [2.45, 2.75) is 68.0 Å². The standard InChI is InChI=1S/C23H31N7O11/c31-8-13-15(33)16(34)18(36)23(39-13)41-20-14(9-32)40-22(19(37)17(20)35)38-6-5-30-7-12(24-29-30)10-1-3-11(4-2-10)21-25-27-28-26-21/h1-4,7,13-20,22-23,31-37H,5-6,8-9H2,(H,25,26,27,28)/t13?,14?,15-,16?,17?,18+,19+,20-,22-,23-/m0/s1. The van der Waals surface area contributed by atoms with E-state index < -0.39 is 74.6 Å². The van der Waals surface area contributed by atoms with Gasteiger partial charge < -0.3 is 54.7 Å². The van der Waals surface area contributed by atoms with E-state index >= 15 is 0 Å². The molecule has 4 heterocycles. The molecular weight excluding hydrogens is 550 g/mol. The van der Waals surface area contributed by atoms with Crippen LogP contribution in [0.2, 0.25) is 0 Å². The number of aliphatic hydroxyl groups is 7. The van der Waals surface area contributed by atoms with Crippen LogP contribution >= 0.6 is 0 Å². The fraction of sp³-hybridized carbons (Fsp3) is 0.609. The predicted molar refractivity (Wildman–Crippen MR) is 131 cm³/mol. The average molecular weight is 582 g/mol. The molecule has 0 saturated carbocycles. The summed E-state index contributed by atoms with van der Waals surface area (Å²) < 4.78 is 23.5. The molecule has 10 atom stereocenters. The minimum absolute atomic E-state index is 0.00953. The number of aromatic nitrogens is 7. The van der Waals surface area contributed by atoms with Crippen LogP contribution in [0.4, 0.5) is 0 Å². The molecule has 8 N–H and O–H groups in total. The van der Waals surface area contributed by atoms with Gasteiger partial charge in [0.25, 0.3) is 0 Å². The number of tetrazole rings is 1. The van der Waals surface area contributed by atoms with Crippen molar-refractivity contribution in [3.63, 3.8) is 0 Å². The Kier molecular flexibility index (Phi) is 9.26. The highest BCUT2D eigenvalue weighted by molar-refractivity contribution is 5.64. The molecule has 4 unspecified atom stereocenters. The summed E-state index contributed by atoms with van der Waals surface area (Å²) in [5, 5.41) is 92.7. The zero-order chi connectivity index (χ0) is 29.1. The third-order valence-electron chi connectivity index (χ3n) is 6.89. The fourth-order valence-electron chi connectivity index (χ4n) is 4.57. The zero-order valence-corrected chi connectivity index (χ0v) is 21.4. The van der Waals surface area contributed by atoms with Gasteiger partial charge >= 0.3 is 0 Å². The molecule has 0 spiro atoms. The van der Waals surface area contributed by atoms with Gasteiger partial charge in [-0.2, -0.15) is 5.21 Å². The van der Waals surface area contributed by atoms with Crippen LogP contribution in [0.3, 0.4) is 0 Å². The zero-order valence-electron chi connectivity index (χ0n) is 21.4. The monoisotopic (exact) mass is 581 g/mol. The molecule has 0 radical (unpaired) electrons. The van der Waals surface area contributed by atoms with Crippen molar-refractivity contribution in [1.82, 2.24) is 35.6 Å². The van der Waals surface area contributed by atoms with Crippen molar-refractivity contribution >= 4 is 0 Å². The van der Waals surface area contributed by atoms with E-state index in [0.29, 0.717) is 11.5 Å². The van der Waals surface area contributed by atoms with Crippen LogP contribution in [-0.2, 0) is 25.5 Å². The second kappa shape index (κ2) is 12.9. The number of aliphatic hydroxyl groups excluding tert-OH is 7. The van der Waals surface area contributed by atoms with Crippen LogP contribution in [0.15, 0.2) is 30.5 Å². The highest BCUT2D eigenvalue weighted by Gasteiger charge is 2.50. The Morgan fingerprint density at radius 1 is 0.805 bits per heavy atom. The molecule has 2 aliphatic rings. The van der Waals surface area contributed by atoms with E-state index in [2.05, 4.69) is 30.9 Å². The van der Waals surface area contributed by atoms with E-state index in [1.807, 2.05) is 24.3 Å². The van der Waals surface area contributed by atoms with E-state index in [9.17, 15) is 35.7 Å². The summed E-state index contributed by atoms with van der Waals surface area (Å²) in [6.45, 7) is -1.14. The van der Waals surface area contributed by atoms with Crippen LogP contribution in [0.25, 0.3) is 22.6 Å². The Hall–Kier alpha value is -3.01. The molecule has 5 rings (SSSR count). The second-order valence-corrected chi connectivity index (χ2v) is 9.56. The predicted octanol–water partition coefficient (Wildman–Crippen LogP) is -4.23. The van der Waals surface area contributed by atoms with Gasteiger partial charge in [-0.15, -0.1) is 15.3 Å². The molecule has 1 aromatic carbocycles. The first-order chi connectivity index (χ1) is 19.8. The summed E-state index contributed by atoms with van der Waals surface area (Å²) in [5.41, 5.74) is 2.18. The van der Waals surface area contributed by atoms with Crippen LogP contribution in [0.1, 0.15) is 0 Å². The van der Waals surface area contributed by atoms with Gasteiger partial charge in [0.1, 0.15) is 54.5 Å². The van der Waals surface area contributed by atoms with Crippen LogP contribution in [-0.4, -0.2) is 153 Å². The van der Waals surface area contributed by atoms with Crippen molar-refractivity contribution in [3.8, 4) is 22.6 Å². The first-order valence-corrected chi connectivity index (χ1v) is 12.7. The first-order valence-electron chi connectivity index (χ1n) is 12.7. The third kappa shape index (κ3) is 6.27. The summed E-state index contributed by atoms with van der Waals surface area (Å²) >= 11 is 0. The molecule has 2 aromatic heterocycles. The molecule has 0 aliphatic carbocycles. The number of rotatable bonds is 10. The van der Waals surface area contributed by atoms with Gasteiger partial charge in [-0.25, -0.2) is 4.68 Å². The number of nitrogens with zero attached hydrogens (tertiary/aromatic N) is 6. The van der Waals surface area contributed by atoms with E-state index in [-0.39, 0.29) is 13.2 Å². The minimum atomic E-state index is -1.75. The summed E-state index contributed by atoms with van der Waals surface area (Å²) in [7, 11) is 0. The van der Waals surface area contributed by atoms with Crippen molar-refractivity contribution in [1.29, 1.82) is 0 Å². The fourth-order valence-corrected chi connectivity index (χ4v) is 4.57. The number of hydrogen-bond donors (Lipinski definition) is 8. The van der Waals surface area contributed by atoms with Crippen molar-refractivity contribution in [3.05, 3.63) is 30.5 Å². The highest BCUT2D eigenvalue weighted by atomic mass is 16.7. The lowest BCUT2D eigenvalue weighted by Gasteiger charge is -2.45. The Morgan fingerprint density at radius 2 is 1.49 bits per heavy atom. The molecule has 18 nitrogen and oxygen atoms in total. The quantitative estimate of drug-likeness (QED) is 0.113. The van der Waals surface area contributed by atoms with Crippen LogP contribution in [0.5, 0.6) is 0 Å².